The molecule has 0 radical (unpaired) electrons. The molecule has 35 heavy (non-hydrogen) atoms. The number of hydrogen-bond acceptors (Lipinski definition) is 8. The molecule has 2 aromatic carbocycles. The first-order valence-corrected chi connectivity index (χ1v) is 11.0. The first-order chi connectivity index (χ1) is 17.1. The van der Waals surface area contributed by atoms with Gasteiger partial charge in [-0.1, -0.05) is 11.2 Å². The van der Waals surface area contributed by atoms with Crippen molar-refractivity contribution in [2.75, 3.05) is 27.6 Å². The Bertz CT molecular complexity index is 1350. The molecule has 10 nitrogen and oxygen atoms in total. The minimum Gasteiger partial charge on any atom is -0.493 e. The number of nitrogens with zero attached hydrogens (tertiary/aromatic N) is 3. The summed E-state index contributed by atoms with van der Waals surface area (Å²) >= 11 is 0. The Labute approximate surface area is 201 Å². The van der Waals surface area contributed by atoms with Crippen LogP contribution in [0.4, 0.5) is 0 Å². The van der Waals surface area contributed by atoms with Gasteiger partial charge in [0.05, 0.1) is 14.2 Å². The number of amides is 1. The highest BCUT2D eigenvalue weighted by molar-refractivity contribution is 5.76. The number of carbonyl (C=O) groups excluding carboxylic acids is 1. The third-order valence-corrected chi connectivity index (χ3v) is 5.60. The molecule has 0 spiro atoms. The van der Waals surface area contributed by atoms with Crippen LogP contribution < -0.4 is 24.3 Å². The van der Waals surface area contributed by atoms with Crippen LogP contribution in [0.25, 0.3) is 23.0 Å². The van der Waals surface area contributed by atoms with Gasteiger partial charge in [-0.3, -0.25) is 4.79 Å². The average molecular weight is 476 g/mol. The molecule has 0 atom stereocenters. The van der Waals surface area contributed by atoms with E-state index in [1.54, 1.807) is 25.0 Å². The standard InChI is InChI=1S/C25H24N4O6/c1-31-19-7-5-16(12-21(19)32-2)9-10-26-23(30)14-29-11-3-4-18(29)25-27-24(28-35-25)17-6-8-20-22(13-17)34-15-33-20/h3-8,11-13H,9-10,14-15H2,1-2H3,(H,26,30). The van der Waals surface area contributed by atoms with Crippen LogP contribution in [0.2, 0.25) is 0 Å². The molecule has 0 saturated heterocycles. The minimum atomic E-state index is -0.126. The first-order valence-electron chi connectivity index (χ1n) is 11.0. The monoisotopic (exact) mass is 476 g/mol. The van der Waals surface area contributed by atoms with Crippen molar-refractivity contribution >= 4 is 5.91 Å². The van der Waals surface area contributed by atoms with Crippen LogP contribution in [0.1, 0.15) is 5.56 Å². The summed E-state index contributed by atoms with van der Waals surface area (Å²) in [7, 11) is 3.19. The third kappa shape index (κ3) is 4.77. The zero-order valence-electron chi connectivity index (χ0n) is 19.3. The van der Waals surface area contributed by atoms with Gasteiger partial charge in [-0.2, -0.15) is 4.98 Å². The average Bonchev–Trinajstić information content (AvgIpc) is 3.64. The Balaban J connectivity index is 1.20. The second kappa shape index (κ2) is 9.80. The van der Waals surface area contributed by atoms with Gasteiger partial charge in [0.25, 0.3) is 5.89 Å². The van der Waals surface area contributed by atoms with Crippen LogP contribution >= 0.6 is 0 Å². The van der Waals surface area contributed by atoms with E-state index in [1.807, 2.05) is 48.5 Å². The minimum absolute atomic E-state index is 0.121. The van der Waals surface area contributed by atoms with Gasteiger partial charge in [0.2, 0.25) is 18.5 Å². The molecule has 180 valence electrons. The highest BCUT2D eigenvalue weighted by atomic mass is 16.7. The molecule has 4 aromatic rings. The Kier molecular flexibility index (Phi) is 6.25. The van der Waals surface area contributed by atoms with E-state index in [0.29, 0.717) is 53.4 Å². The molecule has 1 amide bonds. The van der Waals surface area contributed by atoms with Crippen molar-refractivity contribution in [1.29, 1.82) is 0 Å². The molecule has 0 unspecified atom stereocenters. The molecule has 3 heterocycles. The van der Waals surface area contributed by atoms with Crippen molar-refractivity contribution in [2.24, 2.45) is 0 Å². The van der Waals surface area contributed by atoms with Crippen molar-refractivity contribution in [1.82, 2.24) is 20.0 Å². The summed E-state index contributed by atoms with van der Waals surface area (Å²) in [4.78, 5) is 17.1. The van der Waals surface area contributed by atoms with E-state index in [0.717, 1.165) is 11.1 Å². The SMILES string of the molecule is COc1ccc(CCNC(=O)Cn2cccc2-c2nc(-c3ccc4c(c3)OCO4)no2)cc1OC. The quantitative estimate of drug-likeness (QED) is 0.392. The van der Waals surface area contributed by atoms with Crippen LogP contribution in [-0.2, 0) is 17.8 Å². The number of benzene rings is 2. The van der Waals surface area contributed by atoms with Gasteiger partial charge in [-0.15, -0.1) is 0 Å². The number of ether oxygens (including phenoxy) is 4. The highest BCUT2D eigenvalue weighted by Crippen LogP contribution is 2.35. The summed E-state index contributed by atoms with van der Waals surface area (Å²) < 4.78 is 28.6. The number of rotatable bonds is 9. The van der Waals surface area contributed by atoms with E-state index >= 15 is 0 Å². The summed E-state index contributed by atoms with van der Waals surface area (Å²) in [6.07, 6.45) is 2.46. The molecule has 2 aromatic heterocycles. The Morgan fingerprint density at radius 1 is 1.06 bits per heavy atom. The lowest BCUT2D eigenvalue weighted by Gasteiger charge is -2.11. The molecule has 10 heteroatoms. The van der Waals surface area contributed by atoms with Gasteiger partial charge in [-0.25, -0.2) is 0 Å². The number of hydrogen-bond donors (Lipinski definition) is 1. The van der Waals surface area contributed by atoms with Gasteiger partial charge >= 0.3 is 0 Å². The Hall–Kier alpha value is -4.47. The first kappa shape index (κ1) is 22.3. The zero-order chi connectivity index (χ0) is 24.2. The van der Waals surface area contributed by atoms with Crippen molar-refractivity contribution in [3.05, 3.63) is 60.3 Å². The van der Waals surface area contributed by atoms with Crippen LogP contribution in [0, 0.1) is 0 Å². The largest absolute Gasteiger partial charge is 0.493 e. The van der Waals surface area contributed by atoms with Gasteiger partial charge in [0.1, 0.15) is 12.2 Å². The van der Waals surface area contributed by atoms with E-state index in [2.05, 4.69) is 15.5 Å². The normalized spacial score (nSPS) is 11.9. The van der Waals surface area contributed by atoms with E-state index in [1.165, 1.54) is 0 Å². The number of carbonyl (C=O) groups is 1. The lowest BCUT2D eigenvalue weighted by Crippen LogP contribution is -2.29. The number of aromatic nitrogens is 3. The summed E-state index contributed by atoms with van der Waals surface area (Å²) in [6.45, 7) is 0.801. The van der Waals surface area contributed by atoms with Crippen molar-refractivity contribution < 1.29 is 28.3 Å². The summed E-state index contributed by atoms with van der Waals surface area (Å²) in [5.74, 6) is 3.27. The van der Waals surface area contributed by atoms with Crippen molar-refractivity contribution in [2.45, 2.75) is 13.0 Å². The maximum Gasteiger partial charge on any atom is 0.274 e. The van der Waals surface area contributed by atoms with E-state index in [9.17, 15) is 4.79 Å². The van der Waals surface area contributed by atoms with Crippen molar-refractivity contribution in [3.63, 3.8) is 0 Å². The van der Waals surface area contributed by atoms with Gasteiger partial charge < -0.3 is 33.4 Å². The van der Waals surface area contributed by atoms with E-state index in [-0.39, 0.29) is 19.2 Å². The van der Waals surface area contributed by atoms with Gasteiger partial charge in [-0.05, 0) is 54.4 Å². The lowest BCUT2D eigenvalue weighted by molar-refractivity contribution is -0.121. The van der Waals surface area contributed by atoms with Crippen LogP contribution in [-0.4, -0.2) is 48.2 Å². The number of nitrogens with one attached hydrogen (secondary N) is 1. The Morgan fingerprint density at radius 3 is 2.77 bits per heavy atom. The third-order valence-electron chi connectivity index (χ3n) is 5.60. The maximum atomic E-state index is 12.6. The fraction of sp³-hybridized carbons (Fsp3) is 0.240. The molecule has 1 aliphatic heterocycles. The van der Waals surface area contributed by atoms with E-state index < -0.39 is 0 Å². The second-order valence-corrected chi connectivity index (χ2v) is 7.80. The van der Waals surface area contributed by atoms with Crippen molar-refractivity contribution in [3.8, 4) is 46.0 Å². The molecule has 0 aliphatic carbocycles. The summed E-state index contributed by atoms with van der Waals surface area (Å²) in [5, 5.41) is 7.03. The fourth-order valence-corrected chi connectivity index (χ4v) is 3.82. The number of methoxy groups -OCH3 is 2. The lowest BCUT2D eigenvalue weighted by atomic mass is 10.1. The number of fused-ring (bicyclic) bond motifs is 1. The second-order valence-electron chi connectivity index (χ2n) is 7.80. The molecular weight excluding hydrogens is 452 g/mol. The maximum absolute atomic E-state index is 12.6. The van der Waals surface area contributed by atoms with Crippen LogP contribution in [0.3, 0.4) is 0 Å². The highest BCUT2D eigenvalue weighted by Gasteiger charge is 2.19. The van der Waals surface area contributed by atoms with Gasteiger partial charge in [0, 0.05) is 18.3 Å². The molecule has 5 rings (SSSR count). The van der Waals surface area contributed by atoms with Crippen LogP contribution in [0.5, 0.6) is 23.0 Å². The summed E-state index contributed by atoms with van der Waals surface area (Å²) in [6, 6.07) is 14.8. The molecule has 1 N–H and O–H groups in total. The Morgan fingerprint density at radius 2 is 1.91 bits per heavy atom. The molecular formula is C25H24N4O6. The predicted molar refractivity (Wildman–Crippen MR) is 126 cm³/mol. The molecule has 0 saturated carbocycles. The van der Waals surface area contributed by atoms with E-state index in [4.69, 9.17) is 23.5 Å². The topological polar surface area (TPSA) is 110 Å². The van der Waals surface area contributed by atoms with Gasteiger partial charge in [0.15, 0.2) is 23.0 Å². The smallest absolute Gasteiger partial charge is 0.274 e. The molecule has 1 aliphatic rings. The zero-order valence-corrected chi connectivity index (χ0v) is 19.3. The molecule has 0 bridgehead atoms. The van der Waals surface area contributed by atoms with Crippen LogP contribution in [0.15, 0.2) is 59.3 Å². The summed E-state index contributed by atoms with van der Waals surface area (Å²) in [5.41, 5.74) is 2.43. The predicted octanol–water partition coefficient (Wildman–Crippen LogP) is 3.31. The molecule has 0 fully saturated rings. The fourth-order valence-electron chi connectivity index (χ4n) is 3.82.